The molecule has 76 valence electrons. The fourth-order valence-corrected chi connectivity index (χ4v) is 1.08. The Labute approximate surface area is 88.3 Å². The zero-order valence-electron chi connectivity index (χ0n) is 7.79. The largest absolute Gasteiger partial charge is 0.388 e. The van der Waals surface area contributed by atoms with Crippen molar-refractivity contribution in [2.45, 2.75) is 13.0 Å². The van der Waals surface area contributed by atoms with E-state index in [9.17, 15) is 0 Å². The van der Waals surface area contributed by atoms with Gasteiger partial charge in [0.05, 0.1) is 19.0 Å². The van der Waals surface area contributed by atoms with E-state index in [1.165, 1.54) is 0 Å². The summed E-state index contributed by atoms with van der Waals surface area (Å²) in [7, 11) is 0. The topological polar surface area (TPSA) is 59.1 Å². The fourth-order valence-electron chi connectivity index (χ4n) is 0.953. The highest BCUT2D eigenvalue weighted by atomic mass is 35.5. The molecule has 3 nitrogen and oxygen atoms in total. The molecular formula is C10H13ClN2O. The molecule has 0 saturated carbocycles. The molecule has 1 aromatic rings. The molecule has 0 saturated heterocycles. The third-order valence-corrected chi connectivity index (χ3v) is 1.95. The van der Waals surface area contributed by atoms with Crippen molar-refractivity contribution in [3.63, 3.8) is 0 Å². The van der Waals surface area contributed by atoms with Crippen molar-refractivity contribution in [2.24, 2.45) is 5.73 Å². The van der Waals surface area contributed by atoms with Gasteiger partial charge in [0.2, 0.25) is 0 Å². The van der Waals surface area contributed by atoms with Crippen molar-refractivity contribution in [1.29, 1.82) is 5.41 Å². The lowest BCUT2D eigenvalue weighted by Gasteiger charge is -2.03. The zero-order chi connectivity index (χ0) is 10.4. The number of benzene rings is 1. The van der Waals surface area contributed by atoms with Crippen molar-refractivity contribution in [1.82, 2.24) is 0 Å². The molecule has 0 fully saturated rings. The average molecular weight is 213 g/mol. The van der Waals surface area contributed by atoms with Gasteiger partial charge in [0.15, 0.2) is 0 Å². The summed E-state index contributed by atoms with van der Waals surface area (Å²) < 4.78 is 5.31. The van der Waals surface area contributed by atoms with Crippen LogP contribution in [0.2, 0.25) is 5.02 Å². The van der Waals surface area contributed by atoms with Crippen LogP contribution in [-0.2, 0) is 11.3 Å². The summed E-state index contributed by atoms with van der Waals surface area (Å²) in [5.74, 6) is 0.154. The third-order valence-electron chi connectivity index (χ3n) is 1.70. The lowest BCUT2D eigenvalue weighted by molar-refractivity contribution is 0.127. The lowest BCUT2D eigenvalue weighted by Crippen LogP contribution is -2.12. The average Bonchev–Trinajstić information content (AvgIpc) is 2.15. The van der Waals surface area contributed by atoms with E-state index in [1.807, 2.05) is 24.3 Å². The van der Waals surface area contributed by atoms with Crippen LogP contribution in [0.5, 0.6) is 0 Å². The first kappa shape index (κ1) is 11.0. The molecule has 0 spiro atoms. The molecule has 1 rings (SSSR count). The maximum absolute atomic E-state index is 6.99. The van der Waals surface area contributed by atoms with Gasteiger partial charge >= 0.3 is 0 Å². The maximum atomic E-state index is 6.99. The molecule has 0 bridgehead atoms. The first-order valence-electron chi connectivity index (χ1n) is 4.33. The lowest BCUT2D eigenvalue weighted by atomic mass is 10.2. The van der Waals surface area contributed by atoms with Crippen LogP contribution >= 0.6 is 11.6 Å². The van der Waals surface area contributed by atoms with E-state index >= 15 is 0 Å². The number of rotatable bonds is 5. The Morgan fingerprint density at radius 2 is 2.00 bits per heavy atom. The van der Waals surface area contributed by atoms with E-state index in [1.54, 1.807) is 0 Å². The molecule has 0 aliphatic carbocycles. The van der Waals surface area contributed by atoms with Crippen molar-refractivity contribution in [3.05, 3.63) is 34.9 Å². The standard InChI is InChI=1S/C10H13ClN2O/c11-9-3-1-8(2-4-9)7-14-6-5-10(12)13/h1-4H,5-7H2,(H3,12,13). The number of nitrogens with one attached hydrogen (secondary N) is 1. The quantitative estimate of drug-likeness (QED) is 0.447. The van der Waals surface area contributed by atoms with Gasteiger partial charge < -0.3 is 10.5 Å². The first-order chi connectivity index (χ1) is 6.68. The molecular weight excluding hydrogens is 200 g/mol. The minimum Gasteiger partial charge on any atom is -0.388 e. The van der Waals surface area contributed by atoms with Crippen LogP contribution in [0.1, 0.15) is 12.0 Å². The van der Waals surface area contributed by atoms with Gasteiger partial charge in [-0.05, 0) is 17.7 Å². The first-order valence-corrected chi connectivity index (χ1v) is 4.71. The van der Waals surface area contributed by atoms with E-state index in [0.717, 1.165) is 10.6 Å². The second kappa shape index (κ2) is 5.62. The van der Waals surface area contributed by atoms with E-state index < -0.39 is 0 Å². The highest BCUT2D eigenvalue weighted by molar-refractivity contribution is 6.30. The maximum Gasteiger partial charge on any atom is 0.0928 e. The summed E-state index contributed by atoms with van der Waals surface area (Å²) in [6, 6.07) is 7.47. The van der Waals surface area contributed by atoms with Crippen LogP contribution in [0.3, 0.4) is 0 Å². The van der Waals surface area contributed by atoms with Crippen LogP contribution in [0.15, 0.2) is 24.3 Å². The Kier molecular flexibility index (Phi) is 4.43. The molecule has 0 radical (unpaired) electrons. The summed E-state index contributed by atoms with van der Waals surface area (Å²) >= 11 is 5.73. The Balaban J connectivity index is 2.25. The summed E-state index contributed by atoms with van der Waals surface area (Å²) in [4.78, 5) is 0. The van der Waals surface area contributed by atoms with E-state index in [2.05, 4.69) is 0 Å². The van der Waals surface area contributed by atoms with E-state index in [0.29, 0.717) is 19.6 Å². The van der Waals surface area contributed by atoms with Crippen LogP contribution in [0.4, 0.5) is 0 Å². The number of ether oxygens (including phenoxy) is 1. The summed E-state index contributed by atoms with van der Waals surface area (Å²) in [5.41, 5.74) is 6.25. The van der Waals surface area contributed by atoms with Crippen LogP contribution in [0, 0.1) is 5.41 Å². The zero-order valence-corrected chi connectivity index (χ0v) is 8.55. The van der Waals surface area contributed by atoms with Crippen molar-refractivity contribution < 1.29 is 4.74 Å². The molecule has 0 amide bonds. The summed E-state index contributed by atoms with van der Waals surface area (Å²) in [5, 5.41) is 7.71. The second-order valence-corrected chi connectivity index (χ2v) is 3.39. The molecule has 0 heterocycles. The SMILES string of the molecule is N=C(N)CCOCc1ccc(Cl)cc1. The molecule has 1 aromatic carbocycles. The molecule has 0 aliphatic rings. The van der Waals surface area contributed by atoms with Gasteiger partial charge in [-0.1, -0.05) is 23.7 Å². The number of nitrogens with two attached hydrogens (primary N) is 1. The smallest absolute Gasteiger partial charge is 0.0928 e. The molecule has 0 aliphatic heterocycles. The highest BCUT2D eigenvalue weighted by Crippen LogP contribution is 2.10. The Morgan fingerprint density at radius 3 is 2.57 bits per heavy atom. The summed E-state index contributed by atoms with van der Waals surface area (Å²) in [6.07, 6.45) is 0.480. The molecule has 0 atom stereocenters. The monoisotopic (exact) mass is 212 g/mol. The fraction of sp³-hybridized carbons (Fsp3) is 0.300. The number of amidine groups is 1. The van der Waals surface area contributed by atoms with Crippen LogP contribution < -0.4 is 5.73 Å². The number of hydrogen-bond acceptors (Lipinski definition) is 2. The molecule has 4 heteroatoms. The van der Waals surface area contributed by atoms with Gasteiger partial charge in [-0.2, -0.15) is 0 Å². The van der Waals surface area contributed by atoms with Crippen molar-refractivity contribution in [2.75, 3.05) is 6.61 Å². The van der Waals surface area contributed by atoms with Gasteiger partial charge in [0.1, 0.15) is 0 Å². The van der Waals surface area contributed by atoms with Gasteiger partial charge in [-0.15, -0.1) is 0 Å². The van der Waals surface area contributed by atoms with E-state index in [-0.39, 0.29) is 5.84 Å². The summed E-state index contributed by atoms with van der Waals surface area (Å²) in [6.45, 7) is 1.02. The predicted molar refractivity (Wildman–Crippen MR) is 57.6 cm³/mol. The molecule has 3 N–H and O–H groups in total. The Hall–Kier alpha value is -1.06. The van der Waals surface area contributed by atoms with E-state index in [4.69, 9.17) is 27.5 Å². The molecule has 0 unspecified atom stereocenters. The third kappa shape index (κ3) is 4.25. The van der Waals surface area contributed by atoms with Gasteiger partial charge in [0.25, 0.3) is 0 Å². The minimum atomic E-state index is 0.154. The van der Waals surface area contributed by atoms with Crippen molar-refractivity contribution >= 4 is 17.4 Å². The molecule has 0 aromatic heterocycles. The number of halogens is 1. The van der Waals surface area contributed by atoms with Gasteiger partial charge in [-0.3, -0.25) is 5.41 Å². The molecule has 14 heavy (non-hydrogen) atoms. The van der Waals surface area contributed by atoms with Crippen molar-refractivity contribution in [3.8, 4) is 0 Å². The normalized spacial score (nSPS) is 10.1. The predicted octanol–water partition coefficient (Wildman–Crippen LogP) is 2.18. The van der Waals surface area contributed by atoms with Gasteiger partial charge in [-0.25, -0.2) is 0 Å². The Bertz CT molecular complexity index is 297. The Morgan fingerprint density at radius 1 is 1.36 bits per heavy atom. The minimum absolute atomic E-state index is 0.154. The number of hydrogen-bond donors (Lipinski definition) is 2. The van der Waals surface area contributed by atoms with Crippen LogP contribution in [0.25, 0.3) is 0 Å². The highest BCUT2D eigenvalue weighted by Gasteiger charge is 1.94. The van der Waals surface area contributed by atoms with Gasteiger partial charge in [0, 0.05) is 11.4 Å². The second-order valence-electron chi connectivity index (χ2n) is 2.95. The van der Waals surface area contributed by atoms with Crippen LogP contribution in [-0.4, -0.2) is 12.4 Å².